The molecule has 1 atom stereocenters. The third kappa shape index (κ3) is 4.63. The van der Waals surface area contributed by atoms with Crippen LogP contribution in [0.4, 0.5) is 0 Å². The molecule has 0 amide bonds. The van der Waals surface area contributed by atoms with Crippen molar-refractivity contribution in [2.45, 2.75) is 38.1 Å². The summed E-state index contributed by atoms with van der Waals surface area (Å²) in [4.78, 5) is 0. The van der Waals surface area contributed by atoms with Crippen molar-refractivity contribution >= 4 is 54.8 Å². The van der Waals surface area contributed by atoms with Crippen molar-refractivity contribution in [1.29, 1.82) is 0 Å². The minimum absolute atomic E-state index is 0.395. The maximum atomic E-state index is 2.66. The van der Waals surface area contributed by atoms with Gasteiger partial charge in [-0.2, -0.15) is 0 Å². The molecule has 0 N–H and O–H groups in total. The van der Waals surface area contributed by atoms with Crippen molar-refractivity contribution in [2.24, 2.45) is 0 Å². The Balaban J connectivity index is 1.18. The van der Waals surface area contributed by atoms with Crippen LogP contribution in [0.1, 0.15) is 49.3 Å². The zero-order valence-electron chi connectivity index (χ0n) is 28.1. The van der Waals surface area contributed by atoms with E-state index >= 15 is 0 Å². The molecule has 10 rings (SSSR count). The molecule has 6 aromatic carbocycles. The third-order valence-corrected chi connectivity index (χ3v) is 11.0. The van der Waals surface area contributed by atoms with Crippen LogP contribution in [0.5, 0.6) is 0 Å². The van der Waals surface area contributed by atoms with E-state index < -0.39 is 0 Å². The molecule has 0 spiro atoms. The van der Waals surface area contributed by atoms with Gasteiger partial charge in [0.1, 0.15) is 0 Å². The van der Waals surface area contributed by atoms with Gasteiger partial charge in [-0.05, 0) is 102 Å². The Morgan fingerprint density at radius 1 is 0.500 bits per heavy atom. The van der Waals surface area contributed by atoms with E-state index in [1.165, 1.54) is 82.7 Å². The van der Waals surface area contributed by atoms with Gasteiger partial charge >= 0.3 is 0 Å². The van der Waals surface area contributed by atoms with Crippen molar-refractivity contribution in [3.05, 3.63) is 175 Å². The van der Waals surface area contributed by atoms with Crippen LogP contribution >= 0.6 is 0 Å². The molecule has 1 unspecified atom stereocenters. The minimum Gasteiger partial charge on any atom is -0.337 e. The maximum absolute atomic E-state index is 2.66. The first-order valence-corrected chi connectivity index (χ1v) is 18.1. The lowest BCUT2D eigenvalue weighted by molar-refractivity contribution is 0.493. The summed E-state index contributed by atoms with van der Waals surface area (Å²) in [5.41, 5.74) is 14.3. The fourth-order valence-corrected chi connectivity index (χ4v) is 8.84. The summed E-state index contributed by atoms with van der Waals surface area (Å²) < 4.78 is 5.13. The average molecular weight is 643 g/mol. The highest BCUT2D eigenvalue weighted by Gasteiger charge is 2.25. The quantitative estimate of drug-likeness (QED) is 0.177. The van der Waals surface area contributed by atoms with Crippen molar-refractivity contribution in [3.63, 3.8) is 0 Å². The molecule has 2 aliphatic carbocycles. The second-order valence-corrected chi connectivity index (χ2v) is 13.9. The van der Waals surface area contributed by atoms with E-state index in [4.69, 9.17) is 0 Å². The summed E-state index contributed by atoms with van der Waals surface area (Å²) in [5.74, 6) is 0. The highest BCUT2D eigenvalue weighted by molar-refractivity contribution is 6.22. The molecule has 2 heterocycles. The second kappa shape index (κ2) is 11.9. The van der Waals surface area contributed by atoms with Gasteiger partial charge in [0, 0.05) is 44.3 Å². The highest BCUT2D eigenvalue weighted by atomic mass is 15.0. The van der Waals surface area contributed by atoms with E-state index in [1.807, 2.05) is 0 Å². The molecule has 0 saturated carbocycles. The third-order valence-electron chi connectivity index (χ3n) is 11.0. The van der Waals surface area contributed by atoms with Gasteiger partial charge in [-0.15, -0.1) is 0 Å². The summed E-state index contributed by atoms with van der Waals surface area (Å²) in [5, 5.41) is 5.27. The van der Waals surface area contributed by atoms with Gasteiger partial charge in [0.25, 0.3) is 0 Å². The molecule has 0 saturated heterocycles. The lowest BCUT2D eigenvalue weighted by atomic mass is 9.90. The Morgan fingerprint density at radius 3 is 1.96 bits per heavy atom. The smallest absolute Gasteiger partial charge is 0.0547 e. The Labute approximate surface area is 292 Å². The first kappa shape index (κ1) is 29.1. The van der Waals surface area contributed by atoms with Crippen LogP contribution in [0, 0.1) is 0 Å². The number of para-hydroxylation sites is 2. The van der Waals surface area contributed by atoms with E-state index in [2.05, 4.69) is 173 Å². The molecule has 0 fully saturated rings. The van der Waals surface area contributed by atoms with Gasteiger partial charge in [0.2, 0.25) is 0 Å². The van der Waals surface area contributed by atoms with Crippen molar-refractivity contribution in [2.75, 3.05) is 0 Å². The summed E-state index contributed by atoms with van der Waals surface area (Å²) in [6.07, 6.45) is 14.9. The molecule has 240 valence electrons. The number of allylic oxidation sites excluding steroid dienone is 6. The summed E-state index contributed by atoms with van der Waals surface area (Å²) in [6, 6.07) is 52.3. The van der Waals surface area contributed by atoms with Crippen LogP contribution in [-0.4, -0.2) is 9.13 Å². The normalized spacial score (nSPS) is 16.4. The SMILES string of the molecule is C1=CC(c2cccc(-n3c4ccccc4c4c(-c5cccc6c5c5ccccc5n6C5CCC=C(c6ccccc6)C5)cccc43)c2)=CCC1. The molecule has 0 aliphatic heterocycles. The molecular weight excluding hydrogens is 605 g/mol. The van der Waals surface area contributed by atoms with Crippen LogP contribution in [0.3, 0.4) is 0 Å². The largest absolute Gasteiger partial charge is 0.337 e. The van der Waals surface area contributed by atoms with Crippen LogP contribution in [0.25, 0.3) is 71.6 Å². The Morgan fingerprint density at radius 2 is 1.16 bits per heavy atom. The van der Waals surface area contributed by atoms with E-state index in [0.29, 0.717) is 6.04 Å². The van der Waals surface area contributed by atoms with Crippen molar-refractivity contribution in [3.8, 4) is 16.8 Å². The molecule has 8 aromatic rings. The predicted octanol–water partition coefficient (Wildman–Crippen LogP) is 13.1. The topological polar surface area (TPSA) is 9.86 Å². The number of hydrogen-bond donors (Lipinski definition) is 0. The summed E-state index contributed by atoms with van der Waals surface area (Å²) in [6.45, 7) is 0. The van der Waals surface area contributed by atoms with Gasteiger partial charge in [-0.3, -0.25) is 0 Å². The second-order valence-electron chi connectivity index (χ2n) is 13.9. The van der Waals surface area contributed by atoms with Gasteiger partial charge < -0.3 is 9.13 Å². The monoisotopic (exact) mass is 642 g/mol. The van der Waals surface area contributed by atoms with Crippen LogP contribution in [-0.2, 0) is 0 Å². The number of nitrogens with zero attached hydrogens (tertiary/aromatic N) is 2. The van der Waals surface area contributed by atoms with Crippen molar-refractivity contribution in [1.82, 2.24) is 9.13 Å². The summed E-state index contributed by atoms with van der Waals surface area (Å²) in [7, 11) is 0. The molecule has 2 heteroatoms. The van der Waals surface area contributed by atoms with Crippen molar-refractivity contribution < 1.29 is 0 Å². The molecular formula is C48H38N2. The van der Waals surface area contributed by atoms with E-state index in [0.717, 1.165) is 32.1 Å². The zero-order chi connectivity index (χ0) is 33.0. The fraction of sp³-hybridized carbons (Fsp3) is 0.125. The number of hydrogen-bond acceptors (Lipinski definition) is 0. The highest BCUT2D eigenvalue weighted by Crippen LogP contribution is 2.46. The molecule has 2 aromatic heterocycles. The van der Waals surface area contributed by atoms with Gasteiger partial charge in [0.15, 0.2) is 0 Å². The van der Waals surface area contributed by atoms with Gasteiger partial charge in [0.05, 0.1) is 11.0 Å². The molecule has 2 nitrogen and oxygen atoms in total. The lowest BCUT2D eigenvalue weighted by Gasteiger charge is -2.26. The lowest BCUT2D eigenvalue weighted by Crippen LogP contribution is -2.12. The predicted molar refractivity (Wildman–Crippen MR) is 213 cm³/mol. The fourth-order valence-electron chi connectivity index (χ4n) is 8.84. The Hall–Kier alpha value is -5.86. The summed E-state index contributed by atoms with van der Waals surface area (Å²) >= 11 is 0. The minimum atomic E-state index is 0.395. The number of fused-ring (bicyclic) bond motifs is 6. The maximum Gasteiger partial charge on any atom is 0.0547 e. The molecule has 0 radical (unpaired) electrons. The number of benzene rings is 6. The van der Waals surface area contributed by atoms with E-state index in [9.17, 15) is 0 Å². The molecule has 2 aliphatic rings. The van der Waals surface area contributed by atoms with Gasteiger partial charge in [-0.25, -0.2) is 0 Å². The first-order chi connectivity index (χ1) is 24.8. The zero-order valence-corrected chi connectivity index (χ0v) is 28.1. The Kier molecular flexibility index (Phi) is 6.94. The first-order valence-electron chi connectivity index (χ1n) is 18.1. The van der Waals surface area contributed by atoms with Crippen LogP contribution < -0.4 is 0 Å². The Bertz CT molecular complexity index is 2680. The molecule has 0 bridgehead atoms. The molecule has 50 heavy (non-hydrogen) atoms. The standard InChI is InChI=1S/C48H38N2/c1-3-15-33(16-4-1)35-19-11-21-37(31-35)49-43-27-9-7-23-41(43)47-39(25-13-29-45(47)49)40-26-14-30-46-48(40)42-24-8-10-28-44(42)50(46)38-22-12-20-36(32-38)34-17-5-2-6-18-34/h1,3-5,7-10,12-20,22-30,32,37H,2,6,11,21,31H2. The van der Waals surface area contributed by atoms with E-state index in [1.54, 1.807) is 0 Å². The number of aromatic nitrogens is 2. The van der Waals surface area contributed by atoms with Crippen LogP contribution in [0.2, 0.25) is 0 Å². The van der Waals surface area contributed by atoms with E-state index in [-0.39, 0.29) is 0 Å². The average Bonchev–Trinajstić information content (AvgIpc) is 3.72. The number of rotatable bonds is 5. The van der Waals surface area contributed by atoms with Crippen LogP contribution in [0.15, 0.2) is 164 Å². The van der Waals surface area contributed by atoms with Gasteiger partial charge in [-0.1, -0.05) is 127 Å².